The molecular weight excluding hydrogens is 365 g/mol. The molecule has 5 nitrogen and oxygen atoms in total. The summed E-state index contributed by atoms with van der Waals surface area (Å²) in [4.78, 5) is -0.260. The van der Waals surface area contributed by atoms with Crippen LogP contribution in [0.2, 0.25) is 0 Å². The van der Waals surface area contributed by atoms with Crippen LogP contribution in [0.3, 0.4) is 0 Å². The van der Waals surface area contributed by atoms with Crippen LogP contribution >= 0.6 is 0 Å². The molecule has 0 N–H and O–H groups in total. The molecule has 0 saturated carbocycles. The third kappa shape index (κ3) is 3.61. The largest absolute Gasteiger partial charge is 0.246 e. The summed E-state index contributed by atoms with van der Waals surface area (Å²) in [5.74, 6) is -1.15. The molecule has 0 aliphatic carbocycles. The number of benzene rings is 2. The molecule has 1 aliphatic heterocycles. The minimum atomic E-state index is -4.08. The molecule has 1 heterocycles. The maximum atomic E-state index is 13.9. The summed E-state index contributed by atoms with van der Waals surface area (Å²) < 4.78 is 65.8. The first-order valence-electron chi connectivity index (χ1n) is 7.86. The highest BCUT2D eigenvalue weighted by Crippen LogP contribution is 2.29. The second kappa shape index (κ2) is 6.86. The molecule has 0 unspecified atom stereocenters. The first-order valence-corrected chi connectivity index (χ1v) is 11.0. The fraction of sp³-hybridized carbons (Fsp3) is 0.294. The van der Waals surface area contributed by atoms with E-state index in [1.807, 2.05) is 0 Å². The van der Waals surface area contributed by atoms with Gasteiger partial charge in [-0.25, -0.2) is 21.2 Å². The van der Waals surface area contributed by atoms with Crippen molar-refractivity contribution in [1.82, 2.24) is 4.31 Å². The van der Waals surface area contributed by atoms with Gasteiger partial charge in [0.2, 0.25) is 10.0 Å². The first kappa shape index (κ1) is 18.0. The van der Waals surface area contributed by atoms with Crippen molar-refractivity contribution in [2.45, 2.75) is 28.7 Å². The van der Waals surface area contributed by atoms with Crippen LogP contribution in [0.4, 0.5) is 4.39 Å². The van der Waals surface area contributed by atoms with Crippen molar-refractivity contribution >= 4 is 19.9 Å². The van der Waals surface area contributed by atoms with E-state index in [1.54, 1.807) is 18.2 Å². The quantitative estimate of drug-likeness (QED) is 0.795. The molecule has 1 atom stereocenters. The summed E-state index contributed by atoms with van der Waals surface area (Å²) in [6.07, 6.45) is 0.975. The van der Waals surface area contributed by atoms with Gasteiger partial charge in [-0.1, -0.05) is 30.3 Å². The van der Waals surface area contributed by atoms with Crippen molar-refractivity contribution in [3.63, 3.8) is 0 Å². The highest BCUT2D eigenvalue weighted by molar-refractivity contribution is 7.91. The van der Waals surface area contributed by atoms with Gasteiger partial charge >= 0.3 is 0 Å². The van der Waals surface area contributed by atoms with Crippen LogP contribution in [0.5, 0.6) is 0 Å². The van der Waals surface area contributed by atoms with Crippen LogP contribution in [0.15, 0.2) is 64.4 Å². The molecule has 3 rings (SSSR count). The zero-order valence-corrected chi connectivity index (χ0v) is 15.0. The van der Waals surface area contributed by atoms with Crippen LogP contribution in [0, 0.1) is 5.82 Å². The highest BCUT2D eigenvalue weighted by atomic mass is 32.2. The van der Waals surface area contributed by atoms with E-state index in [0.29, 0.717) is 12.8 Å². The van der Waals surface area contributed by atoms with Crippen molar-refractivity contribution < 1.29 is 21.2 Å². The SMILES string of the molecule is O=S(=O)(C[C@@H]1CCCN1S(=O)(=O)c1ccccc1F)c1ccccc1. The number of sulfone groups is 1. The lowest BCUT2D eigenvalue weighted by Crippen LogP contribution is -2.39. The van der Waals surface area contributed by atoms with E-state index in [2.05, 4.69) is 0 Å². The second-order valence-electron chi connectivity index (χ2n) is 5.94. The third-order valence-electron chi connectivity index (χ3n) is 4.26. The molecule has 1 fully saturated rings. The number of hydrogen-bond donors (Lipinski definition) is 0. The number of nitrogens with zero attached hydrogens (tertiary/aromatic N) is 1. The van der Waals surface area contributed by atoms with Crippen molar-refractivity contribution in [3.05, 3.63) is 60.4 Å². The van der Waals surface area contributed by atoms with Crippen molar-refractivity contribution in [1.29, 1.82) is 0 Å². The molecule has 2 aromatic rings. The van der Waals surface area contributed by atoms with Gasteiger partial charge in [0, 0.05) is 12.6 Å². The maximum Gasteiger partial charge on any atom is 0.246 e. The Kier molecular flexibility index (Phi) is 4.95. The number of sulfonamides is 1. The Morgan fingerprint density at radius 2 is 1.60 bits per heavy atom. The average molecular weight is 383 g/mol. The summed E-state index contributed by atoms with van der Waals surface area (Å²) in [6.45, 7) is 0.186. The number of halogens is 1. The molecule has 8 heteroatoms. The Bertz CT molecular complexity index is 959. The predicted molar refractivity (Wildman–Crippen MR) is 91.8 cm³/mol. The molecular formula is C17H18FNO4S2. The molecule has 0 radical (unpaired) electrons. The van der Waals surface area contributed by atoms with E-state index >= 15 is 0 Å². The predicted octanol–water partition coefficient (Wildman–Crippen LogP) is 2.45. The number of rotatable bonds is 5. The summed E-state index contributed by atoms with van der Waals surface area (Å²) >= 11 is 0. The van der Waals surface area contributed by atoms with Crippen molar-refractivity contribution in [2.24, 2.45) is 0 Å². The second-order valence-corrected chi connectivity index (χ2v) is 9.83. The van der Waals surface area contributed by atoms with E-state index in [9.17, 15) is 21.2 Å². The summed E-state index contributed by atoms with van der Waals surface area (Å²) in [5.41, 5.74) is 0. The minimum absolute atomic E-state index is 0.158. The highest BCUT2D eigenvalue weighted by Gasteiger charge is 2.39. The van der Waals surface area contributed by atoms with E-state index in [1.165, 1.54) is 30.3 Å². The Morgan fingerprint density at radius 1 is 0.960 bits per heavy atom. The van der Waals surface area contributed by atoms with E-state index in [4.69, 9.17) is 0 Å². The first-order chi connectivity index (χ1) is 11.8. The van der Waals surface area contributed by atoms with Gasteiger partial charge in [0.15, 0.2) is 9.84 Å². The molecule has 134 valence electrons. The monoisotopic (exact) mass is 383 g/mol. The summed E-state index contributed by atoms with van der Waals surface area (Å²) in [7, 11) is -7.71. The fourth-order valence-electron chi connectivity index (χ4n) is 3.05. The lowest BCUT2D eigenvalue weighted by atomic mass is 10.3. The van der Waals surface area contributed by atoms with Crippen molar-refractivity contribution in [2.75, 3.05) is 12.3 Å². The lowest BCUT2D eigenvalue weighted by Gasteiger charge is -2.24. The zero-order valence-electron chi connectivity index (χ0n) is 13.4. The van der Waals surface area contributed by atoms with Gasteiger partial charge in [0.25, 0.3) is 0 Å². The van der Waals surface area contributed by atoms with Crippen LogP contribution < -0.4 is 0 Å². The standard InChI is InChI=1S/C17H18FNO4S2/c18-16-10-4-5-11-17(16)25(22,23)19-12-6-7-14(19)13-24(20,21)15-8-2-1-3-9-15/h1-5,8-11,14H,6-7,12-13H2/t14-/m0/s1. The smallest absolute Gasteiger partial charge is 0.224 e. The Hall–Kier alpha value is -1.77. The van der Waals surface area contributed by atoms with Crippen LogP contribution in [0.1, 0.15) is 12.8 Å². The molecule has 0 amide bonds. The molecule has 25 heavy (non-hydrogen) atoms. The third-order valence-corrected chi connectivity index (χ3v) is 8.06. The van der Waals surface area contributed by atoms with Gasteiger partial charge in [-0.05, 0) is 37.1 Å². The topological polar surface area (TPSA) is 71.5 Å². The Morgan fingerprint density at radius 3 is 2.28 bits per heavy atom. The lowest BCUT2D eigenvalue weighted by molar-refractivity contribution is 0.404. The van der Waals surface area contributed by atoms with Gasteiger partial charge in [-0.2, -0.15) is 4.31 Å². The molecule has 2 aromatic carbocycles. The Balaban J connectivity index is 1.90. The molecule has 0 spiro atoms. The van der Waals surface area contributed by atoms with Gasteiger partial charge < -0.3 is 0 Å². The van der Waals surface area contributed by atoms with E-state index in [0.717, 1.165) is 10.4 Å². The molecule has 1 aliphatic rings. The molecule has 0 aromatic heterocycles. The summed E-state index contributed by atoms with van der Waals surface area (Å²) in [6, 6.07) is 12.4. The van der Waals surface area contributed by atoms with Crippen LogP contribution in [-0.2, 0) is 19.9 Å². The fourth-order valence-corrected chi connectivity index (χ4v) is 6.52. The minimum Gasteiger partial charge on any atom is -0.224 e. The summed E-state index contributed by atoms with van der Waals surface area (Å²) in [5, 5.41) is 0. The van der Waals surface area contributed by atoms with Gasteiger partial charge in [0.1, 0.15) is 10.7 Å². The average Bonchev–Trinajstić information content (AvgIpc) is 3.04. The normalized spacial score (nSPS) is 19.2. The molecule has 1 saturated heterocycles. The van der Waals surface area contributed by atoms with Gasteiger partial charge in [0.05, 0.1) is 10.6 Å². The zero-order chi connectivity index (χ0) is 18.1. The Labute approximate surface area is 147 Å². The van der Waals surface area contributed by atoms with Crippen LogP contribution in [0.25, 0.3) is 0 Å². The molecule has 0 bridgehead atoms. The van der Waals surface area contributed by atoms with Crippen LogP contribution in [-0.4, -0.2) is 39.5 Å². The van der Waals surface area contributed by atoms with Crippen molar-refractivity contribution in [3.8, 4) is 0 Å². The van der Waals surface area contributed by atoms with E-state index < -0.39 is 36.6 Å². The van der Waals surface area contributed by atoms with E-state index in [-0.39, 0.29) is 17.2 Å². The van der Waals surface area contributed by atoms with Gasteiger partial charge in [-0.3, -0.25) is 0 Å². The maximum absolute atomic E-state index is 13.9. The number of hydrogen-bond acceptors (Lipinski definition) is 4. The van der Waals surface area contributed by atoms with Gasteiger partial charge in [-0.15, -0.1) is 0 Å².